The molecule has 0 aromatic heterocycles. The first-order chi connectivity index (χ1) is 25.1. The molecule has 0 amide bonds. The van der Waals surface area contributed by atoms with Gasteiger partial charge in [-0.2, -0.15) is 13.2 Å². The second-order valence-electron chi connectivity index (χ2n) is 13.1. The number of thioether (sulfide) groups is 2. The van der Waals surface area contributed by atoms with Crippen molar-refractivity contribution in [2.45, 2.75) is 60.1 Å². The van der Waals surface area contributed by atoms with Crippen LogP contribution in [0.2, 0.25) is 0 Å². The highest BCUT2D eigenvalue weighted by Gasteiger charge is 2.54. The number of hydrogen-bond acceptors (Lipinski definition) is 11. The summed E-state index contributed by atoms with van der Waals surface area (Å²) >= 11 is 3.37. The van der Waals surface area contributed by atoms with Crippen LogP contribution in [-0.2, 0) is 25.2 Å². The second-order valence-corrected chi connectivity index (χ2v) is 16.0. The molecule has 2 unspecified atom stereocenters. The molecule has 4 aliphatic rings. The lowest BCUT2D eigenvalue weighted by Crippen LogP contribution is -2.36. The van der Waals surface area contributed by atoms with E-state index >= 15 is 0 Å². The summed E-state index contributed by atoms with van der Waals surface area (Å²) in [5, 5.41) is 0.279. The zero-order valence-corrected chi connectivity index (χ0v) is 30.5. The molecule has 3 aliphatic heterocycles. The van der Waals surface area contributed by atoms with Crippen LogP contribution in [0.1, 0.15) is 76.5 Å². The summed E-state index contributed by atoms with van der Waals surface area (Å²) < 4.78 is 80.0. The van der Waals surface area contributed by atoms with Crippen molar-refractivity contribution in [1.82, 2.24) is 0 Å². The van der Waals surface area contributed by atoms with Gasteiger partial charge in [0.25, 0.3) is 0 Å². The van der Waals surface area contributed by atoms with Crippen LogP contribution < -0.4 is 23.7 Å². The highest BCUT2D eigenvalue weighted by Crippen LogP contribution is 2.57. The fourth-order valence-electron chi connectivity index (χ4n) is 7.62. The number of halogens is 3. The van der Waals surface area contributed by atoms with Crippen molar-refractivity contribution in [2.24, 2.45) is 11.8 Å². The Kier molecular flexibility index (Phi) is 10.7. The number of hydrogen-bond donors (Lipinski definition) is 0. The molecule has 1 aliphatic carbocycles. The number of cyclic esters (lactones) is 1. The number of benzene rings is 3. The third kappa shape index (κ3) is 7.20. The van der Waals surface area contributed by atoms with Crippen molar-refractivity contribution < 1.29 is 55.9 Å². The number of rotatable bonds is 11. The van der Waals surface area contributed by atoms with Gasteiger partial charge >= 0.3 is 18.1 Å². The summed E-state index contributed by atoms with van der Waals surface area (Å²) in [6.45, 7) is 0.130. The van der Waals surface area contributed by atoms with Gasteiger partial charge < -0.3 is 33.2 Å². The Bertz CT molecular complexity index is 1790. The Morgan fingerprint density at radius 3 is 2.33 bits per heavy atom. The monoisotopic (exact) mass is 760 g/mol. The number of fused-ring (bicyclic) bond motifs is 3. The van der Waals surface area contributed by atoms with Gasteiger partial charge in [0.1, 0.15) is 6.10 Å². The zero-order valence-electron chi connectivity index (χ0n) is 28.9. The summed E-state index contributed by atoms with van der Waals surface area (Å²) in [5.41, 5.74) is 2.25. The maximum atomic E-state index is 13.5. The van der Waals surface area contributed by atoms with Crippen LogP contribution in [-0.4, -0.2) is 57.7 Å². The van der Waals surface area contributed by atoms with Crippen molar-refractivity contribution in [3.05, 3.63) is 76.3 Å². The Labute approximate surface area is 308 Å². The molecule has 0 radical (unpaired) electrons. The van der Waals surface area contributed by atoms with Crippen molar-refractivity contribution in [3.8, 4) is 28.7 Å². The molecule has 0 N–H and O–H groups in total. The second kappa shape index (κ2) is 15.2. The van der Waals surface area contributed by atoms with E-state index in [4.69, 9.17) is 33.2 Å². The third-order valence-corrected chi connectivity index (χ3v) is 13.3. The summed E-state index contributed by atoms with van der Waals surface area (Å²) in [7, 11) is 4.58. The molecule has 14 heteroatoms. The fraction of sp³-hybridized carbons (Fsp3) is 0.474. The van der Waals surface area contributed by atoms with Crippen LogP contribution in [0.4, 0.5) is 13.2 Å². The Morgan fingerprint density at radius 2 is 1.63 bits per heavy atom. The van der Waals surface area contributed by atoms with Crippen LogP contribution in [0.5, 0.6) is 28.7 Å². The van der Waals surface area contributed by atoms with Crippen LogP contribution in [0.15, 0.2) is 48.5 Å². The largest absolute Gasteiger partial charge is 0.493 e. The van der Waals surface area contributed by atoms with E-state index in [0.29, 0.717) is 46.3 Å². The van der Waals surface area contributed by atoms with Crippen LogP contribution in [0.3, 0.4) is 0 Å². The van der Waals surface area contributed by atoms with Crippen molar-refractivity contribution >= 4 is 35.5 Å². The average molecular weight is 761 g/mol. The molecule has 2 fully saturated rings. The van der Waals surface area contributed by atoms with Gasteiger partial charge in [-0.05, 0) is 78.1 Å². The highest BCUT2D eigenvalue weighted by atomic mass is 32.2. The normalized spacial score (nSPS) is 24.8. The molecule has 3 aromatic rings. The molecule has 3 aromatic carbocycles. The van der Waals surface area contributed by atoms with E-state index in [2.05, 4.69) is 0 Å². The first-order valence-corrected chi connectivity index (χ1v) is 19.1. The Hall–Kier alpha value is -3.91. The lowest BCUT2D eigenvalue weighted by atomic mass is 9.66. The van der Waals surface area contributed by atoms with Gasteiger partial charge in [-0.25, -0.2) is 0 Å². The van der Waals surface area contributed by atoms with Gasteiger partial charge in [-0.1, -0.05) is 18.6 Å². The molecule has 7 rings (SSSR count). The number of ether oxygens (including phenoxy) is 7. The maximum Gasteiger partial charge on any atom is 0.416 e. The molecular formula is C38H39F3O9S2. The van der Waals surface area contributed by atoms with Gasteiger partial charge in [0.2, 0.25) is 12.5 Å². The highest BCUT2D eigenvalue weighted by molar-refractivity contribution is 8.17. The van der Waals surface area contributed by atoms with Crippen LogP contribution in [0.25, 0.3) is 0 Å². The van der Waals surface area contributed by atoms with E-state index in [1.165, 1.54) is 33.5 Å². The molecule has 278 valence electrons. The smallest absolute Gasteiger partial charge is 0.416 e. The van der Waals surface area contributed by atoms with E-state index in [9.17, 15) is 22.8 Å². The molecule has 2 saturated heterocycles. The summed E-state index contributed by atoms with van der Waals surface area (Å²) in [4.78, 5) is 26.9. The van der Waals surface area contributed by atoms with E-state index in [0.717, 1.165) is 42.2 Å². The van der Waals surface area contributed by atoms with Gasteiger partial charge in [-0.15, -0.1) is 23.5 Å². The molecule has 3 heterocycles. The maximum absolute atomic E-state index is 13.5. The lowest BCUT2D eigenvalue weighted by Gasteiger charge is -2.38. The minimum Gasteiger partial charge on any atom is -0.493 e. The minimum atomic E-state index is -4.38. The molecule has 0 spiro atoms. The third-order valence-electron chi connectivity index (χ3n) is 10.1. The topological polar surface area (TPSA) is 98.8 Å². The standard InChI is InChI=1S/C38H39F3O9S2/c1-44-29-14-21(15-30(45-2)35(29)46-3)32-24-16-27-28(49-19-48-27)17-25(24)34(26-18-47-36(43)33(26)32)50-31(42)10-5-4-9-23-11-12-51-37(52-23)20-7-6-8-22(13-20)38(39,40)41/h6-8,13-17,23,26,32-34,37H,4-5,9-12,18-19H2,1-3H3/t23?,26-,32+,33-,34-,37?/m0/s1. The van der Waals surface area contributed by atoms with Gasteiger partial charge in [0, 0.05) is 29.1 Å². The summed E-state index contributed by atoms with van der Waals surface area (Å²) in [6.07, 6.45) is -1.80. The minimum absolute atomic E-state index is 0.0467. The van der Waals surface area contributed by atoms with Gasteiger partial charge in [0.15, 0.2) is 23.0 Å². The van der Waals surface area contributed by atoms with Crippen LogP contribution >= 0.6 is 23.5 Å². The number of carbonyl (C=O) groups is 2. The van der Waals surface area contributed by atoms with Crippen molar-refractivity contribution in [1.29, 1.82) is 0 Å². The van der Waals surface area contributed by atoms with Gasteiger partial charge in [-0.3, -0.25) is 9.59 Å². The lowest BCUT2D eigenvalue weighted by molar-refractivity contribution is -0.154. The van der Waals surface area contributed by atoms with E-state index in [1.54, 1.807) is 29.6 Å². The molecule has 52 heavy (non-hydrogen) atoms. The number of methoxy groups -OCH3 is 3. The predicted octanol–water partition coefficient (Wildman–Crippen LogP) is 8.48. The van der Waals surface area contributed by atoms with Crippen molar-refractivity contribution in [3.63, 3.8) is 0 Å². The average Bonchev–Trinajstić information content (AvgIpc) is 3.77. The fourth-order valence-corrected chi connectivity index (χ4v) is 11.0. The van der Waals surface area contributed by atoms with E-state index in [1.807, 2.05) is 24.3 Å². The quantitative estimate of drug-likeness (QED) is 0.139. The van der Waals surface area contributed by atoms with Crippen LogP contribution in [0, 0.1) is 11.8 Å². The van der Waals surface area contributed by atoms with Crippen molar-refractivity contribution in [2.75, 3.05) is 40.5 Å². The Balaban J connectivity index is 1.06. The van der Waals surface area contributed by atoms with E-state index in [-0.39, 0.29) is 41.6 Å². The summed E-state index contributed by atoms with van der Waals surface area (Å²) in [6, 6.07) is 12.9. The van der Waals surface area contributed by atoms with E-state index < -0.39 is 35.6 Å². The first-order valence-electron chi connectivity index (χ1n) is 17.1. The number of esters is 2. The molecule has 0 saturated carbocycles. The summed E-state index contributed by atoms with van der Waals surface area (Å²) in [5.74, 6) is 0.811. The Morgan fingerprint density at radius 1 is 0.904 bits per heavy atom. The molecule has 9 nitrogen and oxygen atoms in total. The SMILES string of the molecule is COc1cc([C@@H]2c3cc4c(cc3[C@H](OC(=O)CCCCC3CCSC(c5cccc(C(F)(F)F)c5)S3)[C@H]3COC(=O)[C@H]23)OCO4)cc(OC)c1OC. The number of carbonyl (C=O) groups excluding carboxylic acids is 2. The molecular weight excluding hydrogens is 722 g/mol. The molecule has 6 atom stereocenters. The zero-order chi connectivity index (χ0) is 36.6. The first kappa shape index (κ1) is 36.4. The molecule has 0 bridgehead atoms. The predicted molar refractivity (Wildman–Crippen MR) is 188 cm³/mol. The van der Waals surface area contributed by atoms with Gasteiger partial charge in [0.05, 0.1) is 44.0 Å². The number of unbranched alkanes of at least 4 members (excludes halogenated alkanes) is 1. The number of alkyl halides is 3.